The lowest BCUT2D eigenvalue weighted by molar-refractivity contribution is 0.0927. The monoisotopic (exact) mass is 1470 g/mol. The van der Waals surface area contributed by atoms with Crippen molar-refractivity contribution in [2.24, 2.45) is 71.0 Å². The van der Waals surface area contributed by atoms with Crippen LogP contribution < -0.4 is 49.7 Å². The number of carbonyl (C=O) groups is 4. The molecule has 0 bridgehead atoms. The molecule has 4 aromatic rings. The molecule has 6 atom stereocenters. The molecule has 0 spiro atoms. The van der Waals surface area contributed by atoms with Crippen molar-refractivity contribution in [3.05, 3.63) is 95.1 Å². The first-order valence-electron chi connectivity index (χ1n) is 42.1. The molecule has 0 unspecified atom stereocenters. The van der Waals surface area contributed by atoms with Gasteiger partial charge in [-0.25, -0.2) is 0 Å². The van der Waals surface area contributed by atoms with E-state index in [9.17, 15) is 19.2 Å². The number of amides is 4. The third-order valence-corrected chi connectivity index (χ3v) is 20.6. The summed E-state index contributed by atoms with van der Waals surface area (Å²) in [5.74, 6) is 9.10. The zero-order chi connectivity index (χ0) is 77.8. The van der Waals surface area contributed by atoms with E-state index in [1.54, 1.807) is 48.5 Å². The second-order valence-electron chi connectivity index (χ2n) is 34.2. The average Bonchev–Trinajstić information content (AvgIpc) is 0.834. The molecule has 106 heavy (non-hydrogen) atoms. The van der Waals surface area contributed by atoms with Crippen molar-refractivity contribution in [1.29, 1.82) is 0 Å². The fraction of sp³-hybridized carbons (Fsp3) is 0.696. The Bertz CT molecular complexity index is 2750. The summed E-state index contributed by atoms with van der Waals surface area (Å²) in [5, 5.41) is 12.0. The van der Waals surface area contributed by atoms with Gasteiger partial charge in [0.25, 0.3) is 23.6 Å². The quantitative estimate of drug-likeness (QED) is 0.0312. The van der Waals surface area contributed by atoms with Gasteiger partial charge in [-0.05, 0) is 169 Å². The van der Waals surface area contributed by atoms with E-state index in [1.807, 2.05) is 24.3 Å². The highest BCUT2D eigenvalue weighted by Crippen LogP contribution is 2.42. The molecule has 0 radical (unpaired) electrons. The van der Waals surface area contributed by atoms with Gasteiger partial charge >= 0.3 is 0 Å². The number of hydrogen-bond acceptors (Lipinski definition) is 10. The minimum Gasteiger partial charge on any atom is -0.490 e. The summed E-state index contributed by atoms with van der Waals surface area (Å²) in [6, 6.07) is 21.8. The van der Waals surface area contributed by atoms with Crippen LogP contribution in [0.1, 0.15) is 320 Å². The average molecular weight is 1470 g/mol. The maximum Gasteiger partial charge on any atom is 0.251 e. The lowest BCUT2D eigenvalue weighted by Crippen LogP contribution is -2.34. The topological polar surface area (TPSA) is 172 Å². The molecule has 14 heteroatoms. The van der Waals surface area contributed by atoms with E-state index in [4.69, 9.17) is 28.4 Å². The molecular formula is C92H150N4O10. The highest BCUT2D eigenvalue weighted by atomic mass is 16.5. The third kappa shape index (κ3) is 39.6. The number of hydrogen-bond donors (Lipinski definition) is 4. The van der Waals surface area contributed by atoms with Crippen LogP contribution in [-0.2, 0) is 0 Å². The second-order valence-corrected chi connectivity index (χ2v) is 34.2. The van der Waals surface area contributed by atoms with Crippen LogP contribution in [0.3, 0.4) is 0 Å². The van der Waals surface area contributed by atoms with Gasteiger partial charge in [0, 0.05) is 48.4 Å². The maximum atomic E-state index is 14.1. The molecule has 4 aromatic carbocycles. The van der Waals surface area contributed by atoms with Gasteiger partial charge in [-0.2, -0.15) is 0 Å². The summed E-state index contributed by atoms with van der Waals surface area (Å²) in [6.07, 6.45) is 26.6. The zero-order valence-corrected chi connectivity index (χ0v) is 70.0. The molecule has 0 aliphatic rings. The Balaban J connectivity index is 1.40. The highest BCUT2D eigenvalue weighted by molar-refractivity contribution is 5.97. The standard InChI is InChI=1S/C92H150N4O10/c1-65(2)25-19-31-71(13)45-55-101-83-61-81(62-84(102-56-46-72(14)32-20-26-66(3)4)87(83)105-59-49-75(17)35-23-29-69(9)10)91(99)95-53-51-93-89(97)79-41-37-77(38-42-79)78-39-43-80(44-40-78)90(98)94-52-54-96-92(100)82-63-85(103-57-47-73(15)33-21-27-67(5)6)88(106-60-50-76(18)36-24-30-70(11)12)86(64-82)104-58-48-74(16)34-22-28-68(7)8/h37-44,61-76H,19-36,45-60H2,1-18H3,(H,93,97)(H,94,98)(H,95,99)(H,96,100)/t71-,72-,73-,74-,75-,76-/m0/s1. The van der Waals surface area contributed by atoms with Gasteiger partial charge in [0.1, 0.15) is 0 Å². The second kappa shape index (κ2) is 52.6. The summed E-state index contributed by atoms with van der Waals surface area (Å²) in [7, 11) is 0. The summed E-state index contributed by atoms with van der Waals surface area (Å²) in [6.45, 7) is 44.8. The van der Waals surface area contributed by atoms with Crippen molar-refractivity contribution in [3.8, 4) is 45.6 Å². The van der Waals surface area contributed by atoms with Crippen molar-refractivity contribution >= 4 is 23.6 Å². The first-order valence-corrected chi connectivity index (χ1v) is 42.1. The third-order valence-electron chi connectivity index (χ3n) is 20.6. The molecule has 0 saturated carbocycles. The van der Waals surface area contributed by atoms with Crippen LogP contribution in [0.2, 0.25) is 0 Å². The lowest BCUT2D eigenvalue weighted by Gasteiger charge is -2.21. The van der Waals surface area contributed by atoms with Gasteiger partial charge < -0.3 is 49.7 Å². The van der Waals surface area contributed by atoms with Gasteiger partial charge in [0.05, 0.1) is 39.6 Å². The molecule has 598 valence electrons. The van der Waals surface area contributed by atoms with Crippen LogP contribution in [0.25, 0.3) is 11.1 Å². The Morgan fingerprint density at radius 2 is 0.434 bits per heavy atom. The summed E-state index contributed by atoms with van der Waals surface area (Å²) in [5.41, 5.74) is 3.52. The Morgan fingerprint density at radius 3 is 0.632 bits per heavy atom. The molecule has 14 nitrogen and oxygen atoms in total. The van der Waals surface area contributed by atoms with Crippen molar-refractivity contribution in [2.45, 2.75) is 279 Å². The van der Waals surface area contributed by atoms with Gasteiger partial charge in [-0.1, -0.05) is 264 Å². The Morgan fingerprint density at radius 1 is 0.245 bits per heavy atom. The van der Waals surface area contributed by atoms with Gasteiger partial charge in [0.15, 0.2) is 23.0 Å². The van der Waals surface area contributed by atoms with Crippen LogP contribution in [-0.4, -0.2) is 89.4 Å². The maximum absolute atomic E-state index is 14.1. The van der Waals surface area contributed by atoms with Crippen LogP contribution in [0.5, 0.6) is 34.5 Å². The van der Waals surface area contributed by atoms with Crippen LogP contribution in [0.4, 0.5) is 0 Å². The number of benzene rings is 4. The lowest BCUT2D eigenvalue weighted by atomic mass is 9.97. The van der Waals surface area contributed by atoms with Crippen LogP contribution in [0.15, 0.2) is 72.8 Å². The molecule has 0 heterocycles. The fourth-order valence-electron chi connectivity index (χ4n) is 13.2. The van der Waals surface area contributed by atoms with E-state index in [0.29, 0.717) is 167 Å². The SMILES string of the molecule is CC(C)CCC[C@H](C)CCOc1cc(C(=O)NCCNC(=O)c2ccc(-c3ccc(C(=O)NCCNC(=O)c4cc(OCC[C@@H](C)CCCC(C)C)c(OCC[C@@H](C)CCCC(C)C)c(OCC[C@@H](C)CCCC(C)C)c4)cc3)cc2)cc(OCC[C@@H](C)CCCC(C)C)c1OCC[C@@H](C)CCCC(C)C. The number of carbonyl (C=O) groups excluding carboxylic acids is 4. The number of ether oxygens (including phenoxy) is 6. The zero-order valence-electron chi connectivity index (χ0n) is 70.0. The van der Waals surface area contributed by atoms with Crippen molar-refractivity contribution in [1.82, 2.24) is 21.3 Å². The van der Waals surface area contributed by atoms with E-state index in [-0.39, 0.29) is 49.8 Å². The van der Waals surface area contributed by atoms with Gasteiger partial charge in [0.2, 0.25) is 11.5 Å². The molecule has 0 fully saturated rings. The molecule has 4 amide bonds. The normalized spacial score (nSPS) is 13.4. The molecule has 0 aliphatic heterocycles. The van der Waals surface area contributed by atoms with Crippen molar-refractivity contribution in [3.63, 3.8) is 0 Å². The van der Waals surface area contributed by atoms with Crippen molar-refractivity contribution < 1.29 is 47.6 Å². The Kier molecular flexibility index (Phi) is 45.6. The minimum atomic E-state index is -0.298. The number of nitrogens with one attached hydrogen (secondary N) is 4. The van der Waals surface area contributed by atoms with Gasteiger partial charge in [-0.3, -0.25) is 19.2 Å². The van der Waals surface area contributed by atoms with Gasteiger partial charge in [-0.15, -0.1) is 0 Å². The molecular weight excluding hydrogens is 1320 g/mol. The largest absolute Gasteiger partial charge is 0.490 e. The van der Waals surface area contributed by atoms with Crippen LogP contribution in [0, 0.1) is 71.0 Å². The predicted molar refractivity (Wildman–Crippen MR) is 442 cm³/mol. The Labute approximate surface area is 645 Å². The molecule has 4 rings (SSSR count). The summed E-state index contributed by atoms with van der Waals surface area (Å²) >= 11 is 0. The van der Waals surface area contributed by atoms with E-state index < -0.39 is 0 Å². The van der Waals surface area contributed by atoms with E-state index in [2.05, 4.69) is 146 Å². The first kappa shape index (κ1) is 91.9. The summed E-state index contributed by atoms with van der Waals surface area (Å²) in [4.78, 5) is 55.2. The van der Waals surface area contributed by atoms with Crippen LogP contribution >= 0.6 is 0 Å². The smallest absolute Gasteiger partial charge is 0.251 e. The number of rotatable bonds is 59. The van der Waals surface area contributed by atoms with E-state index >= 15 is 0 Å². The molecule has 0 aromatic heterocycles. The van der Waals surface area contributed by atoms with Crippen molar-refractivity contribution in [2.75, 3.05) is 65.8 Å². The molecule has 0 saturated heterocycles. The van der Waals surface area contributed by atoms with E-state index in [0.717, 1.165) is 88.2 Å². The molecule has 4 N–H and O–H groups in total. The Hall–Kier alpha value is -6.44. The van der Waals surface area contributed by atoms with E-state index in [1.165, 1.54) is 77.0 Å². The summed E-state index contributed by atoms with van der Waals surface area (Å²) < 4.78 is 39.7. The first-order chi connectivity index (χ1) is 50.7. The highest BCUT2D eigenvalue weighted by Gasteiger charge is 2.24. The fourth-order valence-corrected chi connectivity index (χ4v) is 13.2. The molecule has 0 aliphatic carbocycles. The minimum absolute atomic E-state index is 0.200. The predicted octanol–water partition coefficient (Wildman–Crippen LogP) is 23.1.